The fourth-order valence-electron chi connectivity index (χ4n) is 3.51. The molecule has 27 heavy (non-hydrogen) atoms. The maximum atomic E-state index is 9.69. The van der Waals surface area contributed by atoms with E-state index >= 15 is 0 Å². The fraction of sp³-hybridized carbons (Fsp3) is 0.739. The van der Waals surface area contributed by atoms with Crippen molar-refractivity contribution >= 4 is 0 Å². The van der Waals surface area contributed by atoms with E-state index in [2.05, 4.69) is 40.7 Å². The van der Waals surface area contributed by atoms with Crippen molar-refractivity contribution in [1.82, 2.24) is 0 Å². The minimum atomic E-state index is -0.526. The van der Waals surface area contributed by atoms with Crippen LogP contribution in [0.25, 0.3) is 0 Å². The predicted molar refractivity (Wildman–Crippen MR) is 114 cm³/mol. The molecule has 4 heteroatoms. The monoisotopic (exact) mass is 379 g/mol. The summed E-state index contributed by atoms with van der Waals surface area (Å²) in [7, 11) is 1.68. The molecule has 1 rings (SSSR count). The summed E-state index contributed by atoms with van der Waals surface area (Å²) in [6, 6.07) is 6.10. The SMILES string of the molecule is COc1cc(CCC(N)(CO)CC(C)C)ccc1OC(C)CCCC(C)C. The molecule has 1 aromatic carbocycles. The van der Waals surface area contributed by atoms with Crippen LogP contribution in [-0.4, -0.2) is 30.5 Å². The first kappa shape index (κ1) is 23.8. The molecule has 0 aliphatic carbocycles. The zero-order valence-electron chi connectivity index (χ0n) is 18.3. The van der Waals surface area contributed by atoms with Crippen molar-refractivity contribution in [2.45, 2.75) is 84.8 Å². The predicted octanol–water partition coefficient (Wildman–Crippen LogP) is 4.96. The van der Waals surface area contributed by atoms with Gasteiger partial charge >= 0.3 is 0 Å². The summed E-state index contributed by atoms with van der Waals surface area (Å²) in [6.45, 7) is 10.9. The number of rotatable bonds is 13. The Kier molecular flexibility index (Phi) is 10.2. The summed E-state index contributed by atoms with van der Waals surface area (Å²) in [5.41, 5.74) is 7.00. The van der Waals surface area contributed by atoms with Gasteiger partial charge in [-0.25, -0.2) is 0 Å². The lowest BCUT2D eigenvalue weighted by Crippen LogP contribution is -2.45. The molecule has 0 bridgehead atoms. The molecule has 0 spiro atoms. The van der Waals surface area contributed by atoms with Gasteiger partial charge in [0.2, 0.25) is 0 Å². The third kappa shape index (κ3) is 8.98. The number of aliphatic hydroxyl groups excluding tert-OH is 1. The van der Waals surface area contributed by atoms with E-state index in [1.165, 1.54) is 12.8 Å². The summed E-state index contributed by atoms with van der Waals surface area (Å²) >= 11 is 0. The first-order chi connectivity index (χ1) is 12.7. The highest BCUT2D eigenvalue weighted by Gasteiger charge is 2.25. The van der Waals surface area contributed by atoms with Gasteiger partial charge in [-0.2, -0.15) is 0 Å². The zero-order chi connectivity index (χ0) is 20.4. The second kappa shape index (κ2) is 11.6. The van der Waals surface area contributed by atoms with E-state index in [1.807, 2.05) is 12.1 Å². The van der Waals surface area contributed by atoms with Crippen molar-refractivity contribution in [2.75, 3.05) is 13.7 Å². The van der Waals surface area contributed by atoms with Crippen LogP contribution in [0, 0.1) is 11.8 Å². The van der Waals surface area contributed by atoms with E-state index in [0.29, 0.717) is 5.92 Å². The quantitative estimate of drug-likeness (QED) is 0.508. The zero-order valence-corrected chi connectivity index (χ0v) is 18.3. The maximum Gasteiger partial charge on any atom is 0.161 e. The molecule has 4 nitrogen and oxygen atoms in total. The molecule has 156 valence electrons. The molecule has 0 saturated carbocycles. The highest BCUT2D eigenvalue weighted by Crippen LogP contribution is 2.31. The molecule has 0 heterocycles. The van der Waals surface area contributed by atoms with Gasteiger partial charge < -0.3 is 20.3 Å². The molecular weight excluding hydrogens is 338 g/mol. The Morgan fingerprint density at radius 2 is 1.74 bits per heavy atom. The highest BCUT2D eigenvalue weighted by molar-refractivity contribution is 5.43. The molecule has 2 unspecified atom stereocenters. The van der Waals surface area contributed by atoms with Crippen LogP contribution in [0.3, 0.4) is 0 Å². The lowest BCUT2D eigenvalue weighted by atomic mass is 9.85. The molecule has 0 aliphatic rings. The number of ether oxygens (including phenoxy) is 2. The van der Waals surface area contributed by atoms with Crippen molar-refractivity contribution in [3.63, 3.8) is 0 Å². The van der Waals surface area contributed by atoms with Crippen LogP contribution in [0.2, 0.25) is 0 Å². The second-order valence-corrected chi connectivity index (χ2v) is 8.86. The molecule has 2 atom stereocenters. The third-order valence-corrected chi connectivity index (χ3v) is 4.99. The topological polar surface area (TPSA) is 64.7 Å². The van der Waals surface area contributed by atoms with Gasteiger partial charge in [0.1, 0.15) is 0 Å². The Balaban J connectivity index is 2.68. The van der Waals surface area contributed by atoms with Crippen LogP contribution in [-0.2, 0) is 6.42 Å². The number of benzene rings is 1. The second-order valence-electron chi connectivity index (χ2n) is 8.86. The van der Waals surface area contributed by atoms with E-state index in [-0.39, 0.29) is 12.7 Å². The van der Waals surface area contributed by atoms with E-state index in [0.717, 1.165) is 48.7 Å². The summed E-state index contributed by atoms with van der Waals surface area (Å²) in [6.07, 6.45) is 5.99. The van der Waals surface area contributed by atoms with Crippen LogP contribution in [0.1, 0.15) is 72.3 Å². The third-order valence-electron chi connectivity index (χ3n) is 4.99. The van der Waals surface area contributed by atoms with Crippen molar-refractivity contribution in [1.29, 1.82) is 0 Å². The molecule has 0 saturated heterocycles. The Morgan fingerprint density at radius 1 is 1.04 bits per heavy atom. The van der Waals surface area contributed by atoms with Crippen LogP contribution < -0.4 is 15.2 Å². The molecule has 0 aliphatic heterocycles. The van der Waals surface area contributed by atoms with Crippen LogP contribution in [0.5, 0.6) is 11.5 Å². The van der Waals surface area contributed by atoms with Gasteiger partial charge in [0, 0.05) is 5.54 Å². The summed E-state index contributed by atoms with van der Waals surface area (Å²) in [5, 5.41) is 9.69. The van der Waals surface area contributed by atoms with Gasteiger partial charge in [-0.3, -0.25) is 0 Å². The molecule has 0 fully saturated rings. The molecule has 1 aromatic rings. The molecule has 3 N–H and O–H groups in total. The first-order valence-corrected chi connectivity index (χ1v) is 10.4. The van der Waals surface area contributed by atoms with Gasteiger partial charge in [0.05, 0.1) is 19.8 Å². The Hall–Kier alpha value is -1.26. The minimum absolute atomic E-state index is 0.0113. The number of aryl methyl sites for hydroxylation is 1. The highest BCUT2D eigenvalue weighted by atomic mass is 16.5. The molecule has 0 amide bonds. The average molecular weight is 380 g/mol. The van der Waals surface area contributed by atoms with Crippen molar-refractivity contribution < 1.29 is 14.6 Å². The average Bonchev–Trinajstić information content (AvgIpc) is 2.60. The van der Waals surface area contributed by atoms with Crippen molar-refractivity contribution in [3.8, 4) is 11.5 Å². The maximum absolute atomic E-state index is 9.69. The standard InChI is InChI=1S/C23H41NO3/c1-17(2)8-7-9-19(5)27-21-11-10-20(14-22(21)26-6)12-13-23(24,16-25)15-18(3)4/h10-11,14,17-19,25H,7-9,12-13,15-16,24H2,1-6H3. The normalized spacial score (nSPS) is 15.0. The van der Waals surface area contributed by atoms with Gasteiger partial charge in [0.15, 0.2) is 11.5 Å². The van der Waals surface area contributed by atoms with Crippen molar-refractivity contribution in [3.05, 3.63) is 23.8 Å². The van der Waals surface area contributed by atoms with E-state index in [4.69, 9.17) is 15.2 Å². The van der Waals surface area contributed by atoms with Gasteiger partial charge in [-0.05, 0) is 68.6 Å². The number of nitrogens with two attached hydrogens (primary N) is 1. The van der Waals surface area contributed by atoms with Crippen LogP contribution >= 0.6 is 0 Å². The summed E-state index contributed by atoms with van der Waals surface area (Å²) in [5.74, 6) is 2.75. The van der Waals surface area contributed by atoms with Gasteiger partial charge in [-0.1, -0.05) is 40.2 Å². The van der Waals surface area contributed by atoms with Crippen LogP contribution in [0.4, 0.5) is 0 Å². The number of hydrogen-bond donors (Lipinski definition) is 2. The van der Waals surface area contributed by atoms with Gasteiger partial charge in [0.25, 0.3) is 0 Å². The lowest BCUT2D eigenvalue weighted by molar-refractivity contribution is 0.165. The smallest absolute Gasteiger partial charge is 0.161 e. The number of methoxy groups -OCH3 is 1. The fourth-order valence-corrected chi connectivity index (χ4v) is 3.51. The Morgan fingerprint density at radius 3 is 2.30 bits per heavy atom. The Bertz CT molecular complexity index is 544. The van der Waals surface area contributed by atoms with E-state index in [1.54, 1.807) is 7.11 Å². The first-order valence-electron chi connectivity index (χ1n) is 10.4. The van der Waals surface area contributed by atoms with Crippen LogP contribution in [0.15, 0.2) is 18.2 Å². The summed E-state index contributed by atoms with van der Waals surface area (Å²) in [4.78, 5) is 0. The van der Waals surface area contributed by atoms with Gasteiger partial charge in [-0.15, -0.1) is 0 Å². The number of aliphatic hydroxyl groups is 1. The summed E-state index contributed by atoms with van der Waals surface area (Å²) < 4.78 is 11.6. The van der Waals surface area contributed by atoms with E-state index < -0.39 is 5.54 Å². The van der Waals surface area contributed by atoms with E-state index in [9.17, 15) is 5.11 Å². The molecule has 0 aromatic heterocycles. The Labute approximate surface area is 166 Å². The molecule has 0 radical (unpaired) electrons. The minimum Gasteiger partial charge on any atom is -0.493 e. The largest absolute Gasteiger partial charge is 0.493 e. The van der Waals surface area contributed by atoms with Crippen molar-refractivity contribution in [2.24, 2.45) is 17.6 Å². The lowest BCUT2D eigenvalue weighted by Gasteiger charge is -2.29. The number of hydrogen-bond acceptors (Lipinski definition) is 4. The molecular formula is C23H41NO3.